The summed E-state index contributed by atoms with van der Waals surface area (Å²) in [6.45, 7) is 16.1. The molecule has 0 spiro atoms. The second kappa shape index (κ2) is 12.1. The normalized spacial score (nSPS) is 14.3. The highest BCUT2D eigenvalue weighted by atomic mass is 31.1. The Morgan fingerprint density at radius 2 is 1.76 bits per heavy atom. The van der Waals surface area contributed by atoms with Crippen LogP contribution < -0.4 is 10.0 Å². The Morgan fingerprint density at radius 1 is 1.03 bits per heavy atom. The number of hydrogen-bond donors (Lipinski definition) is 0. The molecule has 0 fully saturated rings. The second-order valence-electron chi connectivity index (χ2n) is 10.4. The lowest BCUT2D eigenvalue weighted by atomic mass is 9.82. The van der Waals surface area contributed by atoms with E-state index in [0.717, 1.165) is 12.2 Å². The van der Waals surface area contributed by atoms with Gasteiger partial charge in [0.05, 0.1) is 0 Å². The highest BCUT2D eigenvalue weighted by Gasteiger charge is 2.33. The first-order valence-corrected chi connectivity index (χ1v) is 13.1. The summed E-state index contributed by atoms with van der Waals surface area (Å²) in [7, 11) is 4.14. The molecular formula is C29H44NO2P. The standard InChI is InChI=1S/C29H44NO2P/c1-10-11-12-15-29(7,33-26-14-13-21(2)16-23(26)19-30-8)25-18-24(28(4,5)6)17-22(3)27(25)32-20-31-9/h13-14,16-19,33H,10-12,15,20H2,1-9H3. The fourth-order valence-corrected chi connectivity index (χ4v) is 5.92. The topological polar surface area (TPSA) is 30.8 Å². The lowest BCUT2D eigenvalue weighted by Crippen LogP contribution is -2.24. The van der Waals surface area contributed by atoms with Crippen LogP contribution in [0.3, 0.4) is 0 Å². The molecule has 0 aliphatic heterocycles. The van der Waals surface area contributed by atoms with Gasteiger partial charge in [0.1, 0.15) is 5.75 Å². The zero-order valence-electron chi connectivity index (χ0n) is 22.3. The van der Waals surface area contributed by atoms with Crippen molar-refractivity contribution in [2.45, 2.75) is 84.7 Å². The van der Waals surface area contributed by atoms with Crippen molar-refractivity contribution in [1.29, 1.82) is 0 Å². The van der Waals surface area contributed by atoms with Gasteiger partial charge in [-0.1, -0.05) is 92.3 Å². The van der Waals surface area contributed by atoms with Crippen LogP contribution in [0.5, 0.6) is 5.75 Å². The molecule has 0 bridgehead atoms. The molecule has 2 unspecified atom stereocenters. The van der Waals surface area contributed by atoms with Gasteiger partial charge in [-0.05, 0) is 53.7 Å². The van der Waals surface area contributed by atoms with Gasteiger partial charge in [0, 0.05) is 31.1 Å². The molecule has 0 N–H and O–H groups in total. The average Bonchev–Trinajstić information content (AvgIpc) is 2.74. The van der Waals surface area contributed by atoms with Crippen LogP contribution in [0.4, 0.5) is 0 Å². The van der Waals surface area contributed by atoms with E-state index in [0.29, 0.717) is 8.58 Å². The Labute approximate surface area is 204 Å². The van der Waals surface area contributed by atoms with Gasteiger partial charge < -0.3 is 9.47 Å². The van der Waals surface area contributed by atoms with Crippen molar-refractivity contribution in [1.82, 2.24) is 0 Å². The number of hydrogen-bond acceptors (Lipinski definition) is 3. The van der Waals surface area contributed by atoms with Crippen LogP contribution in [0.25, 0.3) is 0 Å². The number of benzene rings is 2. The SMILES string of the molecule is CCCCCC(C)(Pc1ccc(C)cc1C=NC)c1cc(C(C)(C)C)cc(C)c1OCOC. The largest absolute Gasteiger partial charge is 0.467 e. The first kappa shape index (κ1) is 27.5. The van der Waals surface area contributed by atoms with E-state index < -0.39 is 0 Å². The van der Waals surface area contributed by atoms with Gasteiger partial charge in [-0.25, -0.2) is 0 Å². The summed E-state index contributed by atoms with van der Waals surface area (Å²) in [4.78, 5) is 4.34. The molecule has 0 aromatic heterocycles. The minimum Gasteiger partial charge on any atom is -0.467 e. The van der Waals surface area contributed by atoms with Crippen LogP contribution in [0.15, 0.2) is 35.3 Å². The lowest BCUT2D eigenvalue weighted by Gasteiger charge is -2.35. The number of aliphatic imine (C=N–C) groups is 1. The Hall–Kier alpha value is -1.70. The van der Waals surface area contributed by atoms with Crippen LogP contribution in [-0.4, -0.2) is 27.2 Å². The van der Waals surface area contributed by atoms with Gasteiger partial charge in [-0.2, -0.15) is 0 Å². The zero-order valence-corrected chi connectivity index (χ0v) is 23.3. The zero-order chi connectivity index (χ0) is 24.6. The monoisotopic (exact) mass is 469 g/mol. The number of nitrogens with zero attached hydrogens (tertiary/aromatic N) is 1. The van der Waals surface area contributed by atoms with Crippen molar-refractivity contribution in [3.05, 3.63) is 58.1 Å². The van der Waals surface area contributed by atoms with Crippen molar-refractivity contribution in [3.8, 4) is 5.75 Å². The summed E-state index contributed by atoms with van der Waals surface area (Å²) >= 11 is 0. The molecule has 0 heterocycles. The fraction of sp³-hybridized carbons (Fsp3) is 0.552. The van der Waals surface area contributed by atoms with Gasteiger partial charge in [0.25, 0.3) is 0 Å². The summed E-state index contributed by atoms with van der Waals surface area (Å²) < 4.78 is 11.5. The molecule has 0 aliphatic carbocycles. The first-order valence-electron chi connectivity index (χ1n) is 12.1. The first-order chi connectivity index (χ1) is 15.6. The van der Waals surface area contributed by atoms with Crippen LogP contribution in [0, 0.1) is 13.8 Å². The molecule has 4 heteroatoms. The molecule has 3 nitrogen and oxygen atoms in total. The van der Waals surface area contributed by atoms with Crippen LogP contribution in [-0.2, 0) is 15.3 Å². The minimum atomic E-state index is -0.0458. The summed E-state index contributed by atoms with van der Waals surface area (Å²) in [6, 6.07) is 11.4. The molecule has 33 heavy (non-hydrogen) atoms. The third-order valence-electron chi connectivity index (χ3n) is 6.22. The molecule has 0 radical (unpaired) electrons. The Balaban J connectivity index is 2.70. The second-order valence-corrected chi connectivity index (χ2v) is 12.3. The van der Waals surface area contributed by atoms with Crippen LogP contribution >= 0.6 is 8.58 Å². The van der Waals surface area contributed by atoms with Crippen molar-refractivity contribution in [3.63, 3.8) is 0 Å². The highest BCUT2D eigenvalue weighted by Crippen LogP contribution is 2.50. The molecule has 0 saturated carbocycles. The van der Waals surface area contributed by atoms with Gasteiger partial charge in [-0.15, -0.1) is 0 Å². The van der Waals surface area contributed by atoms with E-state index in [4.69, 9.17) is 9.47 Å². The number of aryl methyl sites for hydroxylation is 2. The lowest BCUT2D eigenvalue weighted by molar-refractivity contribution is 0.0494. The molecule has 2 aromatic carbocycles. The Morgan fingerprint density at radius 3 is 2.36 bits per heavy atom. The predicted molar refractivity (Wildman–Crippen MR) is 147 cm³/mol. The summed E-state index contributed by atoms with van der Waals surface area (Å²) in [6.07, 6.45) is 6.77. The average molecular weight is 470 g/mol. The molecule has 0 amide bonds. The van der Waals surface area contributed by atoms with E-state index in [-0.39, 0.29) is 17.4 Å². The van der Waals surface area contributed by atoms with Crippen LogP contribution in [0.2, 0.25) is 0 Å². The maximum absolute atomic E-state index is 6.23. The maximum Gasteiger partial charge on any atom is 0.188 e. The van der Waals surface area contributed by atoms with Crippen molar-refractivity contribution in [2.75, 3.05) is 21.0 Å². The van der Waals surface area contributed by atoms with E-state index >= 15 is 0 Å². The predicted octanol–water partition coefficient (Wildman–Crippen LogP) is 7.43. The van der Waals surface area contributed by atoms with E-state index in [1.54, 1.807) is 7.11 Å². The van der Waals surface area contributed by atoms with Crippen molar-refractivity contribution >= 4 is 20.1 Å². The molecule has 2 rings (SSSR count). The number of methoxy groups -OCH3 is 1. The summed E-state index contributed by atoms with van der Waals surface area (Å²) in [5.74, 6) is 0.981. The summed E-state index contributed by atoms with van der Waals surface area (Å²) in [5, 5.41) is 1.32. The Bertz CT molecular complexity index is 945. The quantitative estimate of drug-likeness (QED) is 0.148. The van der Waals surface area contributed by atoms with Gasteiger partial charge in [0.15, 0.2) is 6.79 Å². The molecule has 2 aromatic rings. The minimum absolute atomic E-state index is 0.0458. The van der Waals surface area contributed by atoms with Gasteiger partial charge in [-0.3, -0.25) is 4.99 Å². The molecule has 0 aliphatic rings. The Kier molecular flexibility index (Phi) is 10.1. The number of rotatable bonds is 11. The third kappa shape index (κ3) is 7.39. The highest BCUT2D eigenvalue weighted by molar-refractivity contribution is 7.48. The molecular weight excluding hydrogens is 425 g/mol. The van der Waals surface area contributed by atoms with E-state index in [2.05, 4.69) is 83.8 Å². The number of unbranched alkanes of at least 4 members (excludes halogenated alkanes) is 2. The van der Waals surface area contributed by atoms with E-state index in [1.165, 1.54) is 52.4 Å². The molecule has 2 atom stereocenters. The maximum atomic E-state index is 6.23. The van der Waals surface area contributed by atoms with Crippen LogP contribution in [0.1, 0.15) is 88.1 Å². The van der Waals surface area contributed by atoms with Crippen molar-refractivity contribution in [2.24, 2.45) is 4.99 Å². The van der Waals surface area contributed by atoms with Gasteiger partial charge >= 0.3 is 0 Å². The smallest absolute Gasteiger partial charge is 0.188 e. The van der Waals surface area contributed by atoms with Crippen molar-refractivity contribution < 1.29 is 9.47 Å². The summed E-state index contributed by atoms with van der Waals surface area (Å²) in [5.41, 5.74) is 6.39. The molecule has 182 valence electrons. The van der Waals surface area contributed by atoms with E-state index in [9.17, 15) is 0 Å². The number of ether oxygens (including phenoxy) is 2. The van der Waals surface area contributed by atoms with Gasteiger partial charge in [0.2, 0.25) is 0 Å². The fourth-order valence-electron chi connectivity index (χ4n) is 4.26. The van der Waals surface area contributed by atoms with E-state index in [1.807, 2.05) is 13.3 Å². The third-order valence-corrected chi connectivity index (χ3v) is 8.02. The molecule has 0 saturated heterocycles.